The molecule has 1 rings (SSSR count). The van der Waals surface area contributed by atoms with Crippen LogP contribution in [0.25, 0.3) is 0 Å². The first kappa shape index (κ1) is 9.52. The predicted octanol–water partition coefficient (Wildman–Crippen LogP) is -0.280. The Kier molecular flexibility index (Phi) is 2.85. The van der Waals surface area contributed by atoms with Gasteiger partial charge in [0.05, 0.1) is 6.07 Å². The second kappa shape index (κ2) is 3.90. The molecular formula is C8H10N2O3. The molecule has 1 fully saturated rings. The molecule has 0 aromatic heterocycles. The van der Waals surface area contributed by atoms with Crippen molar-refractivity contribution in [2.75, 3.05) is 0 Å². The predicted molar refractivity (Wildman–Crippen MR) is 42.3 cm³/mol. The number of carbonyl (C=O) groups is 2. The van der Waals surface area contributed by atoms with Crippen LogP contribution in [-0.2, 0) is 14.3 Å². The lowest BCUT2D eigenvalue weighted by atomic mass is 10.2. The van der Waals surface area contributed by atoms with E-state index in [1.807, 2.05) is 6.07 Å². The van der Waals surface area contributed by atoms with Crippen LogP contribution in [-0.4, -0.2) is 24.0 Å². The molecule has 1 aliphatic rings. The van der Waals surface area contributed by atoms with E-state index in [0.717, 1.165) is 0 Å². The number of ether oxygens (including phenoxy) is 1. The van der Waals surface area contributed by atoms with Crippen LogP contribution in [0.5, 0.6) is 0 Å². The molecule has 0 aromatic rings. The fourth-order valence-electron chi connectivity index (χ4n) is 1.05. The average Bonchev–Trinajstić information content (AvgIpc) is 2.51. The maximum absolute atomic E-state index is 11.2. The molecule has 1 saturated heterocycles. The SMILES string of the molecule is CC(C#N)NC(=O)C1CCC(=O)O1. The zero-order valence-electron chi connectivity index (χ0n) is 7.24. The number of esters is 1. The standard InChI is InChI=1S/C8H10N2O3/c1-5(4-9)10-8(12)6-2-3-7(11)13-6/h5-6H,2-3H2,1H3,(H,10,12). The molecule has 5 heteroatoms. The molecule has 1 aliphatic heterocycles. The summed E-state index contributed by atoms with van der Waals surface area (Å²) < 4.78 is 4.71. The molecule has 0 aromatic carbocycles. The Morgan fingerprint density at radius 2 is 2.54 bits per heavy atom. The summed E-state index contributed by atoms with van der Waals surface area (Å²) in [7, 11) is 0. The molecule has 70 valence electrons. The summed E-state index contributed by atoms with van der Waals surface area (Å²) >= 11 is 0. The molecule has 0 spiro atoms. The number of rotatable bonds is 2. The van der Waals surface area contributed by atoms with E-state index in [4.69, 9.17) is 10.00 Å². The highest BCUT2D eigenvalue weighted by atomic mass is 16.6. The second-order valence-corrected chi connectivity index (χ2v) is 2.88. The zero-order valence-corrected chi connectivity index (χ0v) is 7.24. The maximum atomic E-state index is 11.2. The Morgan fingerprint density at radius 3 is 3.00 bits per heavy atom. The van der Waals surface area contributed by atoms with Gasteiger partial charge in [-0.2, -0.15) is 5.26 Å². The maximum Gasteiger partial charge on any atom is 0.306 e. The Labute approximate surface area is 75.7 Å². The van der Waals surface area contributed by atoms with Gasteiger partial charge in [-0.25, -0.2) is 0 Å². The van der Waals surface area contributed by atoms with Gasteiger partial charge in [-0.15, -0.1) is 0 Å². The molecule has 0 radical (unpaired) electrons. The van der Waals surface area contributed by atoms with E-state index in [1.54, 1.807) is 6.92 Å². The third kappa shape index (κ3) is 2.44. The molecule has 2 atom stereocenters. The molecule has 0 bridgehead atoms. The van der Waals surface area contributed by atoms with Crippen molar-refractivity contribution < 1.29 is 14.3 Å². The summed E-state index contributed by atoms with van der Waals surface area (Å²) in [6.07, 6.45) is -0.0229. The quantitative estimate of drug-likeness (QED) is 0.595. The van der Waals surface area contributed by atoms with E-state index in [-0.39, 0.29) is 18.3 Å². The van der Waals surface area contributed by atoms with Crippen molar-refractivity contribution in [1.29, 1.82) is 5.26 Å². The largest absolute Gasteiger partial charge is 0.452 e. The van der Waals surface area contributed by atoms with Gasteiger partial charge in [-0.1, -0.05) is 0 Å². The van der Waals surface area contributed by atoms with Crippen LogP contribution >= 0.6 is 0 Å². The van der Waals surface area contributed by atoms with Crippen molar-refractivity contribution in [3.8, 4) is 6.07 Å². The fraction of sp³-hybridized carbons (Fsp3) is 0.625. The number of amides is 1. The molecule has 1 heterocycles. The van der Waals surface area contributed by atoms with Crippen LogP contribution in [0.15, 0.2) is 0 Å². The first-order valence-electron chi connectivity index (χ1n) is 4.03. The topological polar surface area (TPSA) is 79.2 Å². The monoisotopic (exact) mass is 182 g/mol. The van der Waals surface area contributed by atoms with Crippen LogP contribution in [0.4, 0.5) is 0 Å². The third-order valence-corrected chi connectivity index (χ3v) is 1.73. The van der Waals surface area contributed by atoms with Gasteiger partial charge in [0.2, 0.25) is 0 Å². The zero-order chi connectivity index (χ0) is 9.84. The highest BCUT2D eigenvalue weighted by Crippen LogP contribution is 2.13. The normalized spacial score (nSPS) is 23.1. The van der Waals surface area contributed by atoms with E-state index < -0.39 is 12.1 Å². The summed E-state index contributed by atoms with van der Waals surface area (Å²) in [4.78, 5) is 21.9. The second-order valence-electron chi connectivity index (χ2n) is 2.88. The Bertz CT molecular complexity index is 269. The molecular weight excluding hydrogens is 172 g/mol. The van der Waals surface area contributed by atoms with Gasteiger partial charge in [0.25, 0.3) is 5.91 Å². The van der Waals surface area contributed by atoms with Gasteiger partial charge in [0, 0.05) is 12.8 Å². The summed E-state index contributed by atoms with van der Waals surface area (Å²) in [5, 5.41) is 10.8. The van der Waals surface area contributed by atoms with Gasteiger partial charge in [-0.3, -0.25) is 9.59 Å². The van der Waals surface area contributed by atoms with E-state index in [9.17, 15) is 9.59 Å². The van der Waals surface area contributed by atoms with Crippen molar-refractivity contribution >= 4 is 11.9 Å². The first-order chi connectivity index (χ1) is 6.13. The molecule has 5 nitrogen and oxygen atoms in total. The highest BCUT2D eigenvalue weighted by molar-refractivity contribution is 5.86. The fourth-order valence-corrected chi connectivity index (χ4v) is 1.05. The van der Waals surface area contributed by atoms with Crippen LogP contribution in [0, 0.1) is 11.3 Å². The third-order valence-electron chi connectivity index (χ3n) is 1.73. The minimum Gasteiger partial charge on any atom is -0.452 e. The number of nitriles is 1. The van der Waals surface area contributed by atoms with Crippen molar-refractivity contribution in [1.82, 2.24) is 5.32 Å². The van der Waals surface area contributed by atoms with Crippen LogP contribution < -0.4 is 5.32 Å². The van der Waals surface area contributed by atoms with Gasteiger partial charge in [0.15, 0.2) is 6.10 Å². The number of hydrogen-bond donors (Lipinski definition) is 1. The lowest BCUT2D eigenvalue weighted by Crippen LogP contribution is -2.39. The lowest BCUT2D eigenvalue weighted by Gasteiger charge is -2.10. The van der Waals surface area contributed by atoms with Crippen LogP contribution in [0.2, 0.25) is 0 Å². The van der Waals surface area contributed by atoms with E-state index in [1.165, 1.54) is 0 Å². The molecule has 0 saturated carbocycles. The Hall–Kier alpha value is -1.57. The van der Waals surface area contributed by atoms with Crippen LogP contribution in [0.3, 0.4) is 0 Å². The van der Waals surface area contributed by atoms with E-state index in [2.05, 4.69) is 5.32 Å². The Morgan fingerprint density at radius 1 is 1.85 bits per heavy atom. The lowest BCUT2D eigenvalue weighted by molar-refractivity contribution is -0.148. The van der Waals surface area contributed by atoms with Crippen LogP contribution in [0.1, 0.15) is 19.8 Å². The highest BCUT2D eigenvalue weighted by Gasteiger charge is 2.30. The first-order valence-corrected chi connectivity index (χ1v) is 4.03. The number of nitrogens with zero attached hydrogens (tertiary/aromatic N) is 1. The summed E-state index contributed by atoms with van der Waals surface area (Å²) in [5.41, 5.74) is 0. The smallest absolute Gasteiger partial charge is 0.306 e. The van der Waals surface area contributed by atoms with Crippen molar-refractivity contribution in [2.24, 2.45) is 0 Å². The van der Waals surface area contributed by atoms with Gasteiger partial charge < -0.3 is 10.1 Å². The summed E-state index contributed by atoms with van der Waals surface area (Å²) in [6, 6.07) is 1.31. The summed E-state index contributed by atoms with van der Waals surface area (Å²) in [5.74, 6) is -0.746. The molecule has 1 amide bonds. The van der Waals surface area contributed by atoms with Gasteiger partial charge >= 0.3 is 5.97 Å². The number of carbonyl (C=O) groups excluding carboxylic acids is 2. The molecule has 0 aliphatic carbocycles. The minimum atomic E-state index is -0.705. The van der Waals surface area contributed by atoms with Crippen molar-refractivity contribution in [2.45, 2.75) is 31.9 Å². The molecule has 13 heavy (non-hydrogen) atoms. The van der Waals surface area contributed by atoms with Gasteiger partial charge in [-0.05, 0) is 6.92 Å². The molecule has 2 unspecified atom stereocenters. The molecule has 1 N–H and O–H groups in total. The summed E-state index contributed by atoms with van der Waals surface area (Å²) in [6.45, 7) is 1.56. The minimum absolute atomic E-state index is 0.277. The number of hydrogen-bond acceptors (Lipinski definition) is 4. The van der Waals surface area contributed by atoms with E-state index in [0.29, 0.717) is 6.42 Å². The van der Waals surface area contributed by atoms with Crippen molar-refractivity contribution in [3.05, 3.63) is 0 Å². The van der Waals surface area contributed by atoms with Gasteiger partial charge in [0.1, 0.15) is 6.04 Å². The number of nitrogens with one attached hydrogen (secondary N) is 1. The average molecular weight is 182 g/mol. The Balaban J connectivity index is 2.41. The van der Waals surface area contributed by atoms with Crippen molar-refractivity contribution in [3.63, 3.8) is 0 Å². The van der Waals surface area contributed by atoms with E-state index >= 15 is 0 Å². The number of cyclic esters (lactones) is 1.